The Hall–Kier alpha value is -2.43. The molecule has 0 aromatic heterocycles. The summed E-state index contributed by atoms with van der Waals surface area (Å²) >= 11 is 3.25. The van der Waals surface area contributed by atoms with Gasteiger partial charge in [-0.15, -0.1) is 0 Å². The molecular weight excluding hydrogens is 450 g/mol. The molecule has 8 nitrogen and oxygen atoms in total. The number of anilines is 1. The van der Waals surface area contributed by atoms with Crippen LogP contribution in [0.4, 0.5) is 5.69 Å². The van der Waals surface area contributed by atoms with Crippen molar-refractivity contribution in [1.82, 2.24) is 10.9 Å². The first kappa shape index (κ1) is 20.3. The number of amides is 2. The average molecular weight is 468 g/mol. The molecule has 3 rings (SSSR count). The van der Waals surface area contributed by atoms with E-state index in [9.17, 15) is 18.0 Å². The summed E-state index contributed by atoms with van der Waals surface area (Å²) in [6.45, 7) is 0.531. The van der Waals surface area contributed by atoms with Crippen molar-refractivity contribution >= 4 is 43.5 Å². The molecule has 1 aliphatic heterocycles. The van der Waals surface area contributed by atoms with Gasteiger partial charge >= 0.3 is 0 Å². The maximum Gasteiger partial charge on any atom is 0.269 e. The first-order valence-electron chi connectivity index (χ1n) is 8.45. The quantitative estimate of drug-likeness (QED) is 0.583. The van der Waals surface area contributed by atoms with Crippen molar-refractivity contribution in [3.63, 3.8) is 0 Å². The van der Waals surface area contributed by atoms with Gasteiger partial charge in [0.25, 0.3) is 21.8 Å². The van der Waals surface area contributed by atoms with E-state index in [0.29, 0.717) is 18.7 Å². The van der Waals surface area contributed by atoms with Crippen LogP contribution in [-0.4, -0.2) is 32.9 Å². The number of hydrazine groups is 1. The third-order valence-corrected chi connectivity index (χ3v) is 5.97. The standard InChI is InChI=1S/C18H18BrN3O5S/c19-13-5-9-15(10-6-13)28(25,26)22-14-7-3-12(4-8-14)17(23)20-21-18(24)16-2-1-11-27-16/h3-10,16,22H,1-2,11H2,(H,20,23)(H,21,24). The molecule has 2 amide bonds. The topological polar surface area (TPSA) is 114 Å². The van der Waals surface area contributed by atoms with Crippen molar-refractivity contribution in [1.29, 1.82) is 0 Å². The van der Waals surface area contributed by atoms with Gasteiger partial charge in [0.2, 0.25) is 0 Å². The van der Waals surface area contributed by atoms with Gasteiger partial charge in [0.1, 0.15) is 6.10 Å². The van der Waals surface area contributed by atoms with E-state index in [2.05, 4.69) is 31.5 Å². The van der Waals surface area contributed by atoms with Gasteiger partial charge in [-0.2, -0.15) is 0 Å². The molecular formula is C18H18BrN3O5S. The van der Waals surface area contributed by atoms with Crippen molar-refractivity contribution in [2.45, 2.75) is 23.8 Å². The summed E-state index contributed by atoms with van der Waals surface area (Å²) in [5.74, 6) is -0.918. The minimum atomic E-state index is -3.74. The lowest BCUT2D eigenvalue weighted by Crippen LogP contribution is -2.46. The van der Waals surface area contributed by atoms with Gasteiger partial charge in [-0.3, -0.25) is 25.2 Å². The molecule has 1 atom stereocenters. The molecule has 1 unspecified atom stereocenters. The van der Waals surface area contributed by atoms with Crippen LogP contribution in [0.25, 0.3) is 0 Å². The Morgan fingerprint density at radius 2 is 1.68 bits per heavy atom. The zero-order chi connectivity index (χ0) is 20.1. The number of carbonyl (C=O) groups excluding carboxylic acids is 2. The number of hydrogen-bond donors (Lipinski definition) is 3. The number of carbonyl (C=O) groups is 2. The maximum absolute atomic E-state index is 12.4. The molecule has 0 aliphatic carbocycles. The smallest absolute Gasteiger partial charge is 0.269 e. The highest BCUT2D eigenvalue weighted by molar-refractivity contribution is 9.10. The summed E-state index contributed by atoms with van der Waals surface area (Å²) in [5.41, 5.74) is 5.21. The van der Waals surface area contributed by atoms with Crippen molar-refractivity contribution in [2.75, 3.05) is 11.3 Å². The predicted octanol–water partition coefficient (Wildman–Crippen LogP) is 2.19. The molecule has 1 heterocycles. The summed E-state index contributed by atoms with van der Waals surface area (Å²) < 4.78 is 33.2. The van der Waals surface area contributed by atoms with Crippen LogP contribution < -0.4 is 15.6 Å². The fourth-order valence-electron chi connectivity index (χ4n) is 2.57. The van der Waals surface area contributed by atoms with Gasteiger partial charge in [-0.25, -0.2) is 8.42 Å². The fraction of sp³-hybridized carbons (Fsp3) is 0.222. The number of halogens is 1. The first-order valence-corrected chi connectivity index (χ1v) is 10.7. The van der Waals surface area contributed by atoms with E-state index >= 15 is 0 Å². The second-order valence-corrected chi connectivity index (χ2v) is 8.68. The Morgan fingerprint density at radius 3 is 2.29 bits per heavy atom. The number of sulfonamides is 1. The Balaban J connectivity index is 1.58. The van der Waals surface area contributed by atoms with Gasteiger partial charge in [-0.05, 0) is 61.4 Å². The molecule has 148 valence electrons. The van der Waals surface area contributed by atoms with E-state index in [1.807, 2.05) is 0 Å². The molecule has 2 aromatic rings. The third kappa shape index (κ3) is 5.09. The molecule has 0 bridgehead atoms. The lowest BCUT2D eigenvalue weighted by Gasteiger charge is -2.12. The largest absolute Gasteiger partial charge is 0.368 e. The van der Waals surface area contributed by atoms with Crippen LogP contribution in [0.1, 0.15) is 23.2 Å². The Kier molecular flexibility index (Phi) is 6.32. The van der Waals surface area contributed by atoms with Crippen LogP contribution >= 0.6 is 15.9 Å². The van der Waals surface area contributed by atoms with Crippen LogP contribution in [0.15, 0.2) is 57.9 Å². The Bertz CT molecular complexity index is 956. The van der Waals surface area contributed by atoms with E-state index in [-0.39, 0.29) is 10.5 Å². The molecule has 1 aliphatic rings. The van der Waals surface area contributed by atoms with Crippen LogP contribution in [0, 0.1) is 0 Å². The van der Waals surface area contributed by atoms with Crippen LogP contribution in [-0.2, 0) is 19.6 Å². The zero-order valence-electron chi connectivity index (χ0n) is 14.6. The van der Waals surface area contributed by atoms with Crippen molar-refractivity contribution < 1.29 is 22.7 Å². The normalized spacial score (nSPS) is 16.4. The molecule has 0 radical (unpaired) electrons. The third-order valence-electron chi connectivity index (χ3n) is 4.04. The number of ether oxygens (including phenoxy) is 1. The minimum absolute atomic E-state index is 0.120. The number of nitrogens with one attached hydrogen (secondary N) is 3. The second-order valence-electron chi connectivity index (χ2n) is 6.08. The number of rotatable bonds is 5. The molecule has 0 spiro atoms. The van der Waals surface area contributed by atoms with Gasteiger partial charge in [0.15, 0.2) is 0 Å². The molecule has 0 saturated carbocycles. The predicted molar refractivity (Wildman–Crippen MR) is 106 cm³/mol. The summed E-state index contributed by atoms with van der Waals surface area (Å²) in [6, 6.07) is 12.1. The summed E-state index contributed by atoms with van der Waals surface area (Å²) in [7, 11) is -3.74. The van der Waals surface area contributed by atoms with Crippen LogP contribution in [0.2, 0.25) is 0 Å². The zero-order valence-corrected chi connectivity index (χ0v) is 17.0. The van der Waals surface area contributed by atoms with Gasteiger partial charge < -0.3 is 4.74 Å². The minimum Gasteiger partial charge on any atom is -0.368 e. The average Bonchev–Trinajstić information content (AvgIpc) is 3.21. The molecule has 1 fully saturated rings. The van der Waals surface area contributed by atoms with E-state index in [4.69, 9.17) is 4.74 Å². The lowest BCUT2D eigenvalue weighted by atomic mass is 10.2. The van der Waals surface area contributed by atoms with E-state index < -0.39 is 27.9 Å². The van der Waals surface area contributed by atoms with E-state index in [1.54, 1.807) is 12.1 Å². The van der Waals surface area contributed by atoms with E-state index in [0.717, 1.165) is 10.9 Å². The summed E-state index contributed by atoms with van der Waals surface area (Å²) in [6.07, 6.45) is 0.883. The summed E-state index contributed by atoms with van der Waals surface area (Å²) in [5, 5.41) is 0. The van der Waals surface area contributed by atoms with Crippen molar-refractivity contribution in [3.05, 3.63) is 58.6 Å². The van der Waals surface area contributed by atoms with Crippen LogP contribution in [0.5, 0.6) is 0 Å². The van der Waals surface area contributed by atoms with Crippen molar-refractivity contribution in [3.8, 4) is 0 Å². The highest BCUT2D eigenvalue weighted by Crippen LogP contribution is 2.19. The molecule has 1 saturated heterocycles. The van der Waals surface area contributed by atoms with Crippen molar-refractivity contribution in [2.24, 2.45) is 0 Å². The number of benzene rings is 2. The van der Waals surface area contributed by atoms with Gasteiger partial charge in [-0.1, -0.05) is 15.9 Å². The first-order chi connectivity index (χ1) is 13.3. The SMILES string of the molecule is O=C(NNC(=O)C1CCCO1)c1ccc(NS(=O)(=O)c2ccc(Br)cc2)cc1. The highest BCUT2D eigenvalue weighted by atomic mass is 79.9. The fourth-order valence-corrected chi connectivity index (χ4v) is 3.90. The molecule has 2 aromatic carbocycles. The highest BCUT2D eigenvalue weighted by Gasteiger charge is 2.23. The van der Waals surface area contributed by atoms with Crippen LogP contribution in [0.3, 0.4) is 0 Å². The summed E-state index contributed by atoms with van der Waals surface area (Å²) in [4.78, 5) is 24.0. The van der Waals surface area contributed by atoms with Gasteiger partial charge in [0, 0.05) is 22.3 Å². The van der Waals surface area contributed by atoms with Gasteiger partial charge in [0.05, 0.1) is 4.90 Å². The molecule has 3 N–H and O–H groups in total. The second kappa shape index (κ2) is 8.72. The van der Waals surface area contributed by atoms with E-state index in [1.165, 1.54) is 36.4 Å². The maximum atomic E-state index is 12.4. The molecule has 10 heteroatoms. The Labute approximate surface area is 170 Å². The number of hydrogen-bond acceptors (Lipinski definition) is 5. The lowest BCUT2D eigenvalue weighted by molar-refractivity contribution is -0.130. The Morgan fingerprint density at radius 1 is 1.00 bits per heavy atom. The monoisotopic (exact) mass is 467 g/mol. The molecule has 28 heavy (non-hydrogen) atoms.